The van der Waals surface area contributed by atoms with Crippen LogP contribution in [0.2, 0.25) is 0 Å². The lowest BCUT2D eigenvalue weighted by Gasteiger charge is -2.13. The van der Waals surface area contributed by atoms with Gasteiger partial charge in [-0.25, -0.2) is 0 Å². The maximum atomic E-state index is 13.6. The Morgan fingerprint density at radius 2 is 1.53 bits per heavy atom. The lowest BCUT2D eigenvalue weighted by molar-refractivity contribution is 0.174. The maximum Gasteiger partial charge on any atom is 0.235 e. The van der Waals surface area contributed by atoms with Crippen LogP contribution in [0.4, 0.5) is 5.69 Å². The van der Waals surface area contributed by atoms with Gasteiger partial charge in [0.25, 0.3) is 0 Å². The predicted octanol–water partition coefficient (Wildman–Crippen LogP) is 6.38. The molecule has 6 heteroatoms. The standard InChI is InChI=1S/C30H23NO5/c32-28-24-13-12-23(31-17-20-7-3-1-4-8-20)16-26(24)36-29(22-11-14-25-27(15-22)35-19-34-25)30(28)33-18-21-9-5-2-6-10-21/h1-16,31H,17-19H2. The van der Waals surface area contributed by atoms with Gasteiger partial charge in [0.05, 0.1) is 5.39 Å². The maximum absolute atomic E-state index is 13.6. The van der Waals surface area contributed by atoms with Gasteiger partial charge in [-0.15, -0.1) is 0 Å². The third-order valence-electron chi connectivity index (χ3n) is 6.05. The first-order valence-corrected chi connectivity index (χ1v) is 11.7. The topological polar surface area (TPSA) is 69.9 Å². The summed E-state index contributed by atoms with van der Waals surface area (Å²) in [4.78, 5) is 13.6. The van der Waals surface area contributed by atoms with E-state index in [1.54, 1.807) is 18.2 Å². The van der Waals surface area contributed by atoms with Gasteiger partial charge in [-0.1, -0.05) is 60.7 Å². The molecule has 1 N–H and O–H groups in total. The van der Waals surface area contributed by atoms with Crippen LogP contribution in [-0.2, 0) is 13.2 Å². The van der Waals surface area contributed by atoms with Crippen LogP contribution >= 0.6 is 0 Å². The van der Waals surface area contributed by atoms with E-state index in [0.717, 1.165) is 16.8 Å². The number of hydrogen-bond acceptors (Lipinski definition) is 6. The van der Waals surface area contributed by atoms with Crippen molar-refractivity contribution >= 4 is 16.7 Å². The van der Waals surface area contributed by atoms with Gasteiger partial charge >= 0.3 is 0 Å². The number of anilines is 1. The Bertz CT molecular complexity index is 1580. The molecule has 5 aromatic rings. The molecule has 0 saturated carbocycles. The summed E-state index contributed by atoms with van der Waals surface area (Å²) in [5.74, 6) is 1.76. The number of ether oxygens (including phenoxy) is 3. The summed E-state index contributed by atoms with van der Waals surface area (Å²) in [7, 11) is 0. The van der Waals surface area contributed by atoms with Crippen LogP contribution in [0.15, 0.2) is 106 Å². The molecular weight excluding hydrogens is 454 g/mol. The summed E-state index contributed by atoms with van der Waals surface area (Å²) >= 11 is 0. The molecule has 1 aromatic heterocycles. The Balaban J connectivity index is 1.40. The summed E-state index contributed by atoms with van der Waals surface area (Å²) in [5.41, 5.74) is 3.87. The molecule has 36 heavy (non-hydrogen) atoms. The summed E-state index contributed by atoms with van der Waals surface area (Å²) in [5, 5.41) is 3.85. The van der Waals surface area contributed by atoms with Gasteiger partial charge in [-0.3, -0.25) is 4.79 Å². The van der Waals surface area contributed by atoms with E-state index in [0.29, 0.717) is 40.3 Å². The van der Waals surface area contributed by atoms with E-state index in [1.807, 2.05) is 66.7 Å². The third kappa shape index (κ3) is 4.36. The molecule has 178 valence electrons. The van der Waals surface area contributed by atoms with Crippen molar-refractivity contribution in [3.63, 3.8) is 0 Å². The Hall–Kier alpha value is -4.71. The van der Waals surface area contributed by atoms with E-state index in [-0.39, 0.29) is 24.6 Å². The lowest BCUT2D eigenvalue weighted by Crippen LogP contribution is -2.10. The van der Waals surface area contributed by atoms with Gasteiger partial charge in [-0.05, 0) is 41.5 Å². The average molecular weight is 478 g/mol. The first-order valence-electron chi connectivity index (χ1n) is 11.7. The number of fused-ring (bicyclic) bond motifs is 2. The molecular formula is C30H23NO5. The second kappa shape index (κ2) is 9.50. The molecule has 6 nitrogen and oxygen atoms in total. The minimum atomic E-state index is -0.227. The molecule has 0 aliphatic carbocycles. The van der Waals surface area contributed by atoms with Gasteiger partial charge < -0.3 is 23.9 Å². The summed E-state index contributed by atoms with van der Waals surface area (Å²) < 4.78 is 23.4. The third-order valence-corrected chi connectivity index (χ3v) is 6.05. The van der Waals surface area contributed by atoms with Crippen LogP contribution in [0, 0.1) is 0 Å². The molecule has 6 rings (SSSR count). The largest absolute Gasteiger partial charge is 0.481 e. The molecule has 0 atom stereocenters. The zero-order valence-corrected chi connectivity index (χ0v) is 19.4. The SMILES string of the molecule is O=c1c(OCc2ccccc2)c(-c2ccc3c(c2)OCO3)oc2cc(NCc3ccccc3)ccc12. The average Bonchev–Trinajstić information content (AvgIpc) is 3.40. The fourth-order valence-electron chi connectivity index (χ4n) is 4.17. The quantitative estimate of drug-likeness (QED) is 0.293. The molecule has 2 heterocycles. The van der Waals surface area contributed by atoms with E-state index >= 15 is 0 Å². The van der Waals surface area contributed by atoms with Crippen LogP contribution < -0.4 is 25.0 Å². The summed E-state index contributed by atoms with van der Waals surface area (Å²) in [6.45, 7) is 1.06. The second-order valence-corrected chi connectivity index (χ2v) is 8.48. The molecule has 0 fully saturated rings. The first-order chi connectivity index (χ1) is 17.7. The highest BCUT2D eigenvalue weighted by atomic mass is 16.7. The van der Waals surface area contributed by atoms with Crippen molar-refractivity contribution in [1.82, 2.24) is 0 Å². The first kappa shape index (κ1) is 21.8. The molecule has 1 aliphatic rings. The Labute approximate surface area is 207 Å². The number of nitrogens with one attached hydrogen (secondary N) is 1. The summed E-state index contributed by atoms with van der Waals surface area (Å²) in [6.07, 6.45) is 0. The van der Waals surface area contributed by atoms with Gasteiger partial charge in [0.1, 0.15) is 12.2 Å². The van der Waals surface area contributed by atoms with Crippen molar-refractivity contribution in [2.24, 2.45) is 0 Å². The Morgan fingerprint density at radius 3 is 2.33 bits per heavy atom. The number of benzene rings is 4. The van der Waals surface area contributed by atoms with E-state index in [4.69, 9.17) is 18.6 Å². The van der Waals surface area contributed by atoms with Crippen LogP contribution in [0.25, 0.3) is 22.3 Å². The van der Waals surface area contributed by atoms with Gasteiger partial charge in [0.15, 0.2) is 17.3 Å². The van der Waals surface area contributed by atoms with Crippen molar-refractivity contribution in [3.8, 4) is 28.6 Å². The van der Waals surface area contributed by atoms with Gasteiger partial charge in [0, 0.05) is 23.9 Å². The van der Waals surface area contributed by atoms with Crippen molar-refractivity contribution in [2.45, 2.75) is 13.2 Å². The Morgan fingerprint density at radius 1 is 0.778 bits per heavy atom. The van der Waals surface area contributed by atoms with Crippen LogP contribution in [0.5, 0.6) is 17.2 Å². The highest BCUT2D eigenvalue weighted by molar-refractivity contribution is 5.85. The molecule has 0 bridgehead atoms. The number of rotatable bonds is 7. The minimum Gasteiger partial charge on any atom is -0.481 e. The second-order valence-electron chi connectivity index (χ2n) is 8.48. The monoisotopic (exact) mass is 477 g/mol. The molecule has 1 aliphatic heterocycles. The summed E-state index contributed by atoms with van der Waals surface area (Å²) in [6, 6.07) is 30.8. The molecule has 4 aromatic carbocycles. The highest BCUT2D eigenvalue weighted by Crippen LogP contribution is 2.39. The van der Waals surface area contributed by atoms with Crippen LogP contribution in [-0.4, -0.2) is 6.79 Å². The molecule has 0 spiro atoms. The number of hydrogen-bond donors (Lipinski definition) is 1. The van der Waals surface area contributed by atoms with Crippen LogP contribution in [0.3, 0.4) is 0 Å². The molecule has 0 amide bonds. The lowest BCUT2D eigenvalue weighted by atomic mass is 10.1. The van der Waals surface area contributed by atoms with E-state index in [2.05, 4.69) is 17.4 Å². The molecule has 0 radical (unpaired) electrons. The predicted molar refractivity (Wildman–Crippen MR) is 139 cm³/mol. The zero-order valence-electron chi connectivity index (χ0n) is 19.4. The fraction of sp³-hybridized carbons (Fsp3) is 0.100. The van der Waals surface area contributed by atoms with Crippen molar-refractivity contribution in [1.29, 1.82) is 0 Å². The smallest absolute Gasteiger partial charge is 0.235 e. The van der Waals surface area contributed by atoms with E-state index in [9.17, 15) is 4.79 Å². The van der Waals surface area contributed by atoms with Gasteiger partial charge in [0.2, 0.25) is 18.0 Å². The van der Waals surface area contributed by atoms with E-state index in [1.165, 1.54) is 0 Å². The van der Waals surface area contributed by atoms with Crippen molar-refractivity contribution in [3.05, 3.63) is 118 Å². The molecule has 0 unspecified atom stereocenters. The van der Waals surface area contributed by atoms with Crippen molar-refractivity contribution in [2.75, 3.05) is 12.1 Å². The normalized spacial score (nSPS) is 12.0. The zero-order chi connectivity index (χ0) is 24.3. The van der Waals surface area contributed by atoms with Crippen molar-refractivity contribution < 1.29 is 18.6 Å². The van der Waals surface area contributed by atoms with Gasteiger partial charge in [-0.2, -0.15) is 0 Å². The van der Waals surface area contributed by atoms with Crippen LogP contribution in [0.1, 0.15) is 11.1 Å². The highest BCUT2D eigenvalue weighted by Gasteiger charge is 2.21. The minimum absolute atomic E-state index is 0.161. The Kier molecular flexibility index (Phi) is 5.75. The van der Waals surface area contributed by atoms with E-state index < -0.39 is 0 Å². The molecule has 0 saturated heterocycles. The fourth-order valence-corrected chi connectivity index (χ4v) is 4.17.